The van der Waals surface area contributed by atoms with Crippen LogP contribution in [0.1, 0.15) is 26.2 Å². The minimum atomic E-state index is -0.424. The predicted octanol–water partition coefficient (Wildman–Crippen LogP) is -0.0672. The molecule has 2 fully saturated rings. The first-order valence-electron chi connectivity index (χ1n) is 4.79. The van der Waals surface area contributed by atoms with Gasteiger partial charge in [0, 0.05) is 25.2 Å². The van der Waals surface area contributed by atoms with Crippen molar-refractivity contribution in [3.8, 4) is 0 Å². The molecular formula is C9H18N2O. The average Bonchev–Trinajstić information content (AvgIpc) is 2.30. The summed E-state index contributed by atoms with van der Waals surface area (Å²) in [5.41, 5.74) is 5.40. The Morgan fingerprint density at radius 2 is 2.08 bits per heavy atom. The highest BCUT2D eigenvalue weighted by Gasteiger charge is 2.41. The molecule has 1 aliphatic carbocycles. The second kappa shape index (κ2) is 2.69. The zero-order valence-corrected chi connectivity index (χ0v) is 7.66. The lowest BCUT2D eigenvalue weighted by molar-refractivity contribution is -0.101. The van der Waals surface area contributed by atoms with Crippen LogP contribution in [0.25, 0.3) is 0 Å². The van der Waals surface area contributed by atoms with Crippen LogP contribution in [0, 0.1) is 0 Å². The van der Waals surface area contributed by atoms with Crippen LogP contribution < -0.4 is 5.73 Å². The third-order valence-corrected chi connectivity index (χ3v) is 3.05. The Morgan fingerprint density at radius 3 is 2.50 bits per heavy atom. The molecule has 0 bridgehead atoms. The zero-order chi connectivity index (χ0) is 8.77. The van der Waals surface area contributed by atoms with Crippen LogP contribution in [0.15, 0.2) is 0 Å². The number of hydrogen-bond donors (Lipinski definition) is 2. The van der Waals surface area contributed by atoms with E-state index in [0.717, 1.165) is 25.9 Å². The molecule has 2 unspecified atom stereocenters. The summed E-state index contributed by atoms with van der Waals surface area (Å²) in [7, 11) is 0. The van der Waals surface area contributed by atoms with Gasteiger partial charge < -0.3 is 10.8 Å². The molecule has 3 N–H and O–H groups in total. The van der Waals surface area contributed by atoms with Crippen molar-refractivity contribution in [1.29, 1.82) is 0 Å². The van der Waals surface area contributed by atoms with Crippen molar-refractivity contribution in [2.75, 3.05) is 13.1 Å². The molecule has 1 aliphatic heterocycles. The van der Waals surface area contributed by atoms with E-state index in [0.29, 0.717) is 12.1 Å². The number of nitrogens with two attached hydrogens (primary N) is 1. The van der Waals surface area contributed by atoms with Crippen LogP contribution in [0.5, 0.6) is 0 Å². The van der Waals surface area contributed by atoms with Crippen molar-refractivity contribution in [3.63, 3.8) is 0 Å². The van der Waals surface area contributed by atoms with E-state index in [1.807, 2.05) is 6.92 Å². The molecule has 0 spiro atoms. The summed E-state index contributed by atoms with van der Waals surface area (Å²) in [6.45, 7) is 3.58. The molecule has 0 aromatic heterocycles. The Hall–Kier alpha value is -0.120. The molecular weight excluding hydrogens is 152 g/mol. The first kappa shape index (κ1) is 8.48. The van der Waals surface area contributed by atoms with Crippen LogP contribution >= 0.6 is 0 Å². The highest BCUT2D eigenvalue weighted by atomic mass is 16.3. The van der Waals surface area contributed by atoms with Gasteiger partial charge in [-0.15, -0.1) is 0 Å². The van der Waals surface area contributed by atoms with Crippen LogP contribution in [0.2, 0.25) is 0 Å². The Kier molecular flexibility index (Phi) is 1.90. The van der Waals surface area contributed by atoms with Crippen molar-refractivity contribution in [3.05, 3.63) is 0 Å². The molecule has 2 atom stereocenters. The largest absolute Gasteiger partial charge is 0.388 e. The first-order chi connectivity index (χ1) is 5.57. The summed E-state index contributed by atoms with van der Waals surface area (Å²) in [4.78, 5) is 2.35. The van der Waals surface area contributed by atoms with Crippen LogP contribution in [-0.4, -0.2) is 40.8 Å². The maximum atomic E-state index is 9.54. The minimum Gasteiger partial charge on any atom is -0.388 e. The lowest BCUT2D eigenvalue weighted by Crippen LogP contribution is -2.62. The smallest absolute Gasteiger partial charge is 0.0872 e. The van der Waals surface area contributed by atoms with E-state index in [9.17, 15) is 5.11 Å². The Labute approximate surface area is 73.5 Å². The normalized spacial score (nSPS) is 41.2. The van der Waals surface area contributed by atoms with Crippen LogP contribution in [0.3, 0.4) is 0 Å². The van der Waals surface area contributed by atoms with Gasteiger partial charge in [-0.2, -0.15) is 0 Å². The van der Waals surface area contributed by atoms with Crippen molar-refractivity contribution >= 4 is 0 Å². The summed E-state index contributed by atoms with van der Waals surface area (Å²) < 4.78 is 0. The van der Waals surface area contributed by atoms with Gasteiger partial charge in [0.15, 0.2) is 0 Å². The van der Waals surface area contributed by atoms with Gasteiger partial charge in [-0.05, 0) is 26.2 Å². The summed E-state index contributed by atoms with van der Waals surface area (Å²) in [5.74, 6) is 0. The molecule has 2 aliphatic rings. The van der Waals surface area contributed by atoms with E-state index in [1.54, 1.807) is 0 Å². The molecule has 1 heterocycles. The van der Waals surface area contributed by atoms with Gasteiger partial charge >= 0.3 is 0 Å². The fourth-order valence-electron chi connectivity index (χ4n) is 2.41. The number of aliphatic hydroxyl groups is 1. The molecule has 2 rings (SSSR count). The van der Waals surface area contributed by atoms with E-state index < -0.39 is 5.60 Å². The van der Waals surface area contributed by atoms with Gasteiger partial charge in [-0.25, -0.2) is 0 Å². The van der Waals surface area contributed by atoms with E-state index in [4.69, 9.17) is 5.73 Å². The molecule has 3 nitrogen and oxygen atoms in total. The average molecular weight is 170 g/mol. The van der Waals surface area contributed by atoms with Gasteiger partial charge in [-0.1, -0.05) is 0 Å². The van der Waals surface area contributed by atoms with E-state index >= 15 is 0 Å². The maximum absolute atomic E-state index is 9.54. The van der Waals surface area contributed by atoms with Crippen molar-refractivity contribution in [2.45, 2.75) is 43.9 Å². The molecule has 0 aromatic rings. The van der Waals surface area contributed by atoms with Gasteiger partial charge in [-0.3, -0.25) is 4.90 Å². The second-order valence-corrected chi connectivity index (χ2v) is 4.63. The van der Waals surface area contributed by atoms with Gasteiger partial charge in [0.1, 0.15) is 0 Å². The SMILES string of the molecule is CC1(O)CN(C2CCC(N)C2)C1. The number of β-amino-alcohol motifs (C(OH)–C–C–N with tert-alkyl or cyclic N) is 1. The highest BCUT2D eigenvalue weighted by molar-refractivity contribution is 4.97. The van der Waals surface area contributed by atoms with Crippen LogP contribution in [0.4, 0.5) is 0 Å². The van der Waals surface area contributed by atoms with Crippen LogP contribution in [-0.2, 0) is 0 Å². The first-order valence-corrected chi connectivity index (χ1v) is 4.79. The summed E-state index contributed by atoms with van der Waals surface area (Å²) in [5, 5.41) is 9.54. The molecule has 1 saturated heterocycles. The second-order valence-electron chi connectivity index (χ2n) is 4.63. The molecule has 1 saturated carbocycles. The lowest BCUT2D eigenvalue weighted by atomic mass is 9.94. The summed E-state index contributed by atoms with van der Waals surface area (Å²) >= 11 is 0. The molecule has 0 aromatic carbocycles. The summed E-state index contributed by atoms with van der Waals surface area (Å²) in [6, 6.07) is 1.06. The number of likely N-dealkylation sites (tertiary alicyclic amines) is 1. The predicted molar refractivity (Wildman–Crippen MR) is 47.8 cm³/mol. The fourth-order valence-corrected chi connectivity index (χ4v) is 2.41. The number of rotatable bonds is 1. The maximum Gasteiger partial charge on any atom is 0.0872 e. The third-order valence-electron chi connectivity index (χ3n) is 3.05. The van der Waals surface area contributed by atoms with Gasteiger partial charge in [0.05, 0.1) is 5.60 Å². The third kappa shape index (κ3) is 1.49. The molecule has 0 amide bonds. The molecule has 0 radical (unpaired) electrons. The molecule has 3 heteroatoms. The Bertz CT molecular complexity index is 173. The van der Waals surface area contributed by atoms with Crippen molar-refractivity contribution < 1.29 is 5.11 Å². The Morgan fingerprint density at radius 1 is 1.42 bits per heavy atom. The number of nitrogens with zero attached hydrogens (tertiary/aromatic N) is 1. The fraction of sp³-hybridized carbons (Fsp3) is 1.00. The minimum absolute atomic E-state index is 0.403. The zero-order valence-electron chi connectivity index (χ0n) is 7.66. The van der Waals surface area contributed by atoms with Crippen molar-refractivity contribution in [1.82, 2.24) is 4.90 Å². The van der Waals surface area contributed by atoms with E-state index in [1.165, 1.54) is 6.42 Å². The monoisotopic (exact) mass is 170 g/mol. The standard InChI is InChI=1S/C9H18N2O/c1-9(12)5-11(6-9)8-3-2-7(10)4-8/h7-8,12H,2-6,10H2,1H3. The Balaban J connectivity index is 1.81. The quantitative estimate of drug-likeness (QED) is 0.579. The van der Waals surface area contributed by atoms with Gasteiger partial charge in [0.2, 0.25) is 0 Å². The van der Waals surface area contributed by atoms with Gasteiger partial charge in [0.25, 0.3) is 0 Å². The molecule has 12 heavy (non-hydrogen) atoms. The van der Waals surface area contributed by atoms with Crippen molar-refractivity contribution in [2.24, 2.45) is 5.73 Å². The van der Waals surface area contributed by atoms with E-state index in [-0.39, 0.29) is 0 Å². The summed E-state index contributed by atoms with van der Waals surface area (Å²) in [6.07, 6.45) is 3.50. The topological polar surface area (TPSA) is 49.5 Å². The highest BCUT2D eigenvalue weighted by Crippen LogP contribution is 2.30. The molecule has 70 valence electrons. The lowest BCUT2D eigenvalue weighted by Gasteiger charge is -2.47. The number of hydrogen-bond acceptors (Lipinski definition) is 3. The van der Waals surface area contributed by atoms with E-state index in [2.05, 4.69) is 4.90 Å².